The number of rotatable bonds is 4. The Morgan fingerprint density at radius 1 is 1.18 bits per heavy atom. The molecule has 4 nitrogen and oxygen atoms in total. The van der Waals surface area contributed by atoms with Crippen molar-refractivity contribution in [3.63, 3.8) is 0 Å². The van der Waals surface area contributed by atoms with E-state index in [9.17, 15) is 4.79 Å². The summed E-state index contributed by atoms with van der Waals surface area (Å²) in [6.07, 6.45) is 8.66. The smallest absolute Gasteiger partial charge is 0.185 e. The first-order chi connectivity index (χ1) is 10.6. The molecule has 1 aromatic carbocycles. The van der Waals surface area contributed by atoms with E-state index >= 15 is 0 Å². The van der Waals surface area contributed by atoms with E-state index in [2.05, 4.69) is 5.10 Å². The molecular formula is C17H14ClN3O. The third-order valence-corrected chi connectivity index (χ3v) is 3.68. The third kappa shape index (κ3) is 2.87. The summed E-state index contributed by atoms with van der Waals surface area (Å²) < 4.78 is 3.61. The summed E-state index contributed by atoms with van der Waals surface area (Å²) in [6, 6.07) is 11.4. The predicted octanol–water partition coefficient (Wildman–Crippen LogP) is 3.76. The topological polar surface area (TPSA) is 39.8 Å². The standard InChI is InChI=1S/C17H14ClN3O/c1-20-16(15(18)12-19-20)8-9-17(22)13-4-6-14(7-5-13)21-10-2-3-11-21/h2-12H,1H3/b9-8+. The van der Waals surface area contributed by atoms with Crippen LogP contribution < -0.4 is 0 Å². The molecule has 0 saturated heterocycles. The van der Waals surface area contributed by atoms with Crippen LogP contribution in [-0.4, -0.2) is 20.1 Å². The molecule has 0 spiro atoms. The zero-order valence-electron chi connectivity index (χ0n) is 12.0. The number of aryl methyl sites for hydroxylation is 1. The van der Waals surface area contributed by atoms with E-state index in [1.165, 1.54) is 6.08 Å². The second-order valence-electron chi connectivity index (χ2n) is 4.84. The molecule has 0 radical (unpaired) electrons. The number of nitrogens with zero attached hydrogens (tertiary/aromatic N) is 3. The highest BCUT2D eigenvalue weighted by Crippen LogP contribution is 2.16. The summed E-state index contributed by atoms with van der Waals surface area (Å²) in [5.41, 5.74) is 2.35. The van der Waals surface area contributed by atoms with Crippen LogP contribution in [0.15, 0.2) is 61.1 Å². The number of allylic oxidation sites excluding steroid dienone is 1. The lowest BCUT2D eigenvalue weighted by molar-refractivity contribution is 0.104. The van der Waals surface area contributed by atoms with Gasteiger partial charge < -0.3 is 4.57 Å². The van der Waals surface area contributed by atoms with Gasteiger partial charge in [0, 0.05) is 30.7 Å². The Bertz CT molecular complexity index is 795. The van der Waals surface area contributed by atoms with Crippen molar-refractivity contribution in [3.05, 3.63) is 77.3 Å². The van der Waals surface area contributed by atoms with E-state index < -0.39 is 0 Å². The highest BCUT2D eigenvalue weighted by molar-refractivity contribution is 6.31. The summed E-state index contributed by atoms with van der Waals surface area (Å²) in [7, 11) is 1.78. The largest absolute Gasteiger partial charge is 0.324 e. The Hall–Kier alpha value is -2.59. The van der Waals surface area contributed by atoms with Gasteiger partial charge in [0.05, 0.1) is 16.9 Å². The number of carbonyl (C=O) groups is 1. The highest BCUT2D eigenvalue weighted by Gasteiger charge is 2.05. The summed E-state index contributed by atoms with van der Waals surface area (Å²) in [6.45, 7) is 0. The zero-order chi connectivity index (χ0) is 15.5. The van der Waals surface area contributed by atoms with Gasteiger partial charge in [0.15, 0.2) is 5.78 Å². The lowest BCUT2D eigenvalue weighted by Crippen LogP contribution is -1.97. The maximum Gasteiger partial charge on any atom is 0.185 e. The number of aromatic nitrogens is 3. The van der Waals surface area contributed by atoms with Gasteiger partial charge in [-0.2, -0.15) is 5.10 Å². The molecule has 0 fully saturated rings. The second kappa shape index (κ2) is 6.03. The summed E-state index contributed by atoms with van der Waals surface area (Å²) in [5, 5.41) is 4.55. The van der Waals surface area contributed by atoms with Crippen LogP contribution in [0.5, 0.6) is 0 Å². The first kappa shape index (κ1) is 14.4. The highest BCUT2D eigenvalue weighted by atomic mass is 35.5. The Balaban J connectivity index is 1.78. The fourth-order valence-corrected chi connectivity index (χ4v) is 2.39. The van der Waals surface area contributed by atoms with Gasteiger partial charge in [-0.3, -0.25) is 9.48 Å². The van der Waals surface area contributed by atoms with Crippen LogP contribution in [0.4, 0.5) is 0 Å². The Morgan fingerprint density at radius 3 is 2.45 bits per heavy atom. The quantitative estimate of drug-likeness (QED) is 0.543. The van der Waals surface area contributed by atoms with Crippen LogP contribution in [-0.2, 0) is 7.05 Å². The first-order valence-corrected chi connectivity index (χ1v) is 7.16. The maximum absolute atomic E-state index is 12.2. The molecule has 0 aliphatic carbocycles. The minimum Gasteiger partial charge on any atom is -0.324 e. The van der Waals surface area contributed by atoms with Crippen LogP contribution in [0, 0.1) is 0 Å². The normalized spacial score (nSPS) is 11.2. The van der Waals surface area contributed by atoms with Crippen molar-refractivity contribution in [2.75, 3.05) is 0 Å². The zero-order valence-corrected chi connectivity index (χ0v) is 12.7. The van der Waals surface area contributed by atoms with Gasteiger partial charge in [-0.15, -0.1) is 0 Å². The van der Waals surface area contributed by atoms with Crippen LogP contribution in [0.2, 0.25) is 5.02 Å². The SMILES string of the molecule is Cn1ncc(Cl)c1/C=C/C(=O)c1ccc(-n2cccc2)cc1. The van der Waals surface area contributed by atoms with Crippen molar-refractivity contribution in [3.8, 4) is 5.69 Å². The molecular weight excluding hydrogens is 298 g/mol. The molecule has 0 amide bonds. The fourth-order valence-electron chi connectivity index (χ4n) is 2.16. The minimum atomic E-state index is -0.0728. The monoisotopic (exact) mass is 311 g/mol. The van der Waals surface area contributed by atoms with Crippen molar-refractivity contribution in [1.82, 2.24) is 14.3 Å². The Morgan fingerprint density at radius 2 is 1.86 bits per heavy atom. The number of hydrogen-bond donors (Lipinski definition) is 0. The van der Waals surface area contributed by atoms with Crippen LogP contribution in [0.3, 0.4) is 0 Å². The van der Waals surface area contributed by atoms with Crippen LogP contribution in [0.25, 0.3) is 11.8 Å². The first-order valence-electron chi connectivity index (χ1n) is 6.78. The lowest BCUT2D eigenvalue weighted by Gasteiger charge is -2.03. The average molecular weight is 312 g/mol. The maximum atomic E-state index is 12.2. The lowest BCUT2D eigenvalue weighted by atomic mass is 10.1. The fraction of sp³-hybridized carbons (Fsp3) is 0.0588. The molecule has 0 atom stereocenters. The van der Waals surface area contributed by atoms with E-state index in [-0.39, 0.29) is 5.78 Å². The van der Waals surface area contributed by atoms with Gasteiger partial charge in [0.1, 0.15) is 0 Å². The van der Waals surface area contributed by atoms with E-state index in [0.29, 0.717) is 16.3 Å². The molecule has 0 saturated carbocycles. The number of hydrogen-bond acceptors (Lipinski definition) is 2. The van der Waals surface area contributed by atoms with Gasteiger partial charge in [0.25, 0.3) is 0 Å². The van der Waals surface area contributed by atoms with Crippen molar-refractivity contribution >= 4 is 23.5 Å². The molecule has 3 aromatic rings. The van der Waals surface area contributed by atoms with Gasteiger partial charge in [0.2, 0.25) is 0 Å². The predicted molar refractivity (Wildman–Crippen MR) is 87.4 cm³/mol. The summed E-state index contributed by atoms with van der Waals surface area (Å²) in [5.74, 6) is -0.0728. The summed E-state index contributed by atoms with van der Waals surface area (Å²) >= 11 is 6.00. The molecule has 5 heteroatoms. The van der Waals surface area contributed by atoms with Crippen LogP contribution in [0.1, 0.15) is 16.1 Å². The molecule has 2 aromatic heterocycles. The third-order valence-electron chi connectivity index (χ3n) is 3.38. The van der Waals surface area contributed by atoms with Gasteiger partial charge >= 0.3 is 0 Å². The van der Waals surface area contributed by atoms with E-state index in [0.717, 1.165) is 5.69 Å². The van der Waals surface area contributed by atoms with E-state index in [1.54, 1.807) is 24.0 Å². The summed E-state index contributed by atoms with van der Waals surface area (Å²) in [4.78, 5) is 12.2. The van der Waals surface area contributed by atoms with Crippen molar-refractivity contribution in [2.24, 2.45) is 7.05 Å². The second-order valence-corrected chi connectivity index (χ2v) is 5.24. The van der Waals surface area contributed by atoms with E-state index in [1.807, 2.05) is 53.4 Å². The molecule has 22 heavy (non-hydrogen) atoms. The number of carbonyl (C=O) groups excluding carboxylic acids is 1. The molecule has 0 aliphatic rings. The van der Waals surface area contributed by atoms with Gasteiger partial charge in [-0.05, 0) is 48.6 Å². The number of benzene rings is 1. The molecule has 0 unspecified atom stereocenters. The molecule has 3 rings (SSSR count). The van der Waals surface area contributed by atoms with Gasteiger partial charge in [-0.1, -0.05) is 11.6 Å². The average Bonchev–Trinajstić information content (AvgIpc) is 3.17. The Labute approximate surface area is 133 Å². The van der Waals surface area contributed by atoms with E-state index in [4.69, 9.17) is 11.6 Å². The van der Waals surface area contributed by atoms with Crippen molar-refractivity contribution in [2.45, 2.75) is 0 Å². The molecule has 110 valence electrons. The molecule has 0 aliphatic heterocycles. The number of ketones is 1. The molecule has 2 heterocycles. The van der Waals surface area contributed by atoms with Crippen LogP contribution >= 0.6 is 11.6 Å². The number of halogens is 1. The van der Waals surface area contributed by atoms with Crippen molar-refractivity contribution in [1.29, 1.82) is 0 Å². The van der Waals surface area contributed by atoms with Crippen molar-refractivity contribution < 1.29 is 4.79 Å². The minimum absolute atomic E-state index is 0.0728. The molecule has 0 bridgehead atoms. The van der Waals surface area contributed by atoms with Gasteiger partial charge in [-0.25, -0.2) is 0 Å². The Kier molecular flexibility index (Phi) is 3.94. The molecule has 0 N–H and O–H groups in total.